The van der Waals surface area contributed by atoms with Gasteiger partial charge in [-0.3, -0.25) is 0 Å². The van der Waals surface area contributed by atoms with Crippen LogP contribution < -0.4 is 0 Å². The molecule has 8 aromatic carbocycles. The van der Waals surface area contributed by atoms with Crippen molar-refractivity contribution in [3.05, 3.63) is 224 Å². The van der Waals surface area contributed by atoms with Gasteiger partial charge in [0.15, 0.2) is 5.82 Å². The summed E-state index contributed by atoms with van der Waals surface area (Å²) in [6.45, 7) is 0. The summed E-state index contributed by atoms with van der Waals surface area (Å²) in [7, 11) is 0. The number of hydrogen-bond donors (Lipinski definition) is 0. The van der Waals surface area contributed by atoms with Crippen molar-refractivity contribution < 1.29 is 0 Å². The molecule has 0 N–H and O–H groups in total. The van der Waals surface area contributed by atoms with Crippen molar-refractivity contribution in [2.24, 2.45) is 0 Å². The van der Waals surface area contributed by atoms with Crippen LogP contribution in [0, 0.1) is 0 Å². The van der Waals surface area contributed by atoms with Crippen LogP contribution in [0.1, 0.15) is 0 Å². The monoisotopic (exact) mass is 791 g/mol. The maximum atomic E-state index is 5.40. The summed E-state index contributed by atoms with van der Waals surface area (Å²) >= 11 is 0. The van der Waals surface area contributed by atoms with Gasteiger partial charge in [0.05, 0.1) is 33.6 Å². The van der Waals surface area contributed by atoms with Gasteiger partial charge in [-0.25, -0.2) is 14.5 Å². The topological polar surface area (TPSA) is 48.0 Å². The highest BCUT2D eigenvalue weighted by Crippen LogP contribution is 2.41. The lowest BCUT2D eigenvalue weighted by Gasteiger charge is -2.12. The fourth-order valence-electron chi connectivity index (χ4n) is 9.02. The minimum Gasteiger partial charge on any atom is -0.309 e. The zero-order chi connectivity index (χ0) is 41.0. The van der Waals surface area contributed by atoms with Crippen molar-refractivity contribution in [2.75, 3.05) is 0 Å². The van der Waals surface area contributed by atoms with Crippen LogP contribution in [0.25, 0.3) is 111 Å². The first-order chi connectivity index (χ1) is 30.7. The lowest BCUT2D eigenvalue weighted by Crippen LogP contribution is -1.98. The van der Waals surface area contributed by atoms with Crippen molar-refractivity contribution in [3.8, 4) is 73.2 Å². The predicted molar refractivity (Wildman–Crippen MR) is 255 cm³/mol. The molecule has 12 rings (SSSR count). The fourth-order valence-corrected chi connectivity index (χ4v) is 9.02. The van der Waals surface area contributed by atoms with Gasteiger partial charge in [-0.1, -0.05) is 188 Å². The molecule has 5 nitrogen and oxygen atoms in total. The fraction of sp³-hybridized carbons (Fsp3) is 0. The van der Waals surface area contributed by atoms with E-state index in [1.165, 1.54) is 21.8 Å². The molecular formula is C57H37N5. The first kappa shape index (κ1) is 35.5. The number of hydrogen-bond acceptors (Lipinski definition) is 3. The van der Waals surface area contributed by atoms with E-state index in [0.717, 1.165) is 83.7 Å². The van der Waals surface area contributed by atoms with E-state index >= 15 is 0 Å². The lowest BCUT2D eigenvalue weighted by molar-refractivity contribution is 0.979. The minimum absolute atomic E-state index is 0.667. The number of nitrogens with zero attached hydrogens (tertiary/aromatic N) is 5. The second-order valence-corrected chi connectivity index (χ2v) is 15.7. The highest BCUT2D eigenvalue weighted by Gasteiger charge is 2.22. The van der Waals surface area contributed by atoms with E-state index in [1.807, 2.05) is 6.07 Å². The third-order valence-corrected chi connectivity index (χ3v) is 12.0. The Morgan fingerprint density at radius 2 is 0.839 bits per heavy atom. The molecule has 0 saturated heterocycles. The Morgan fingerprint density at radius 1 is 0.355 bits per heavy atom. The van der Waals surface area contributed by atoms with E-state index in [4.69, 9.17) is 15.1 Å². The Labute approximate surface area is 358 Å². The summed E-state index contributed by atoms with van der Waals surface area (Å²) in [6.07, 6.45) is 0. The Kier molecular flexibility index (Phi) is 8.42. The molecule has 0 atom stereocenters. The molecular weight excluding hydrogens is 755 g/mol. The predicted octanol–water partition coefficient (Wildman–Crippen LogP) is 14.4. The summed E-state index contributed by atoms with van der Waals surface area (Å²) in [6, 6.07) is 79.0. The van der Waals surface area contributed by atoms with E-state index in [2.05, 4.69) is 227 Å². The molecule has 290 valence electrons. The van der Waals surface area contributed by atoms with Crippen LogP contribution in [0.5, 0.6) is 0 Å². The van der Waals surface area contributed by atoms with Gasteiger partial charge in [0.2, 0.25) is 0 Å². The molecule has 0 spiro atoms. The van der Waals surface area contributed by atoms with Crippen LogP contribution in [0.4, 0.5) is 0 Å². The van der Waals surface area contributed by atoms with Gasteiger partial charge in [-0.2, -0.15) is 5.10 Å². The second kappa shape index (κ2) is 14.7. The molecule has 0 unspecified atom stereocenters. The molecule has 0 saturated carbocycles. The van der Waals surface area contributed by atoms with Crippen LogP contribution in [-0.4, -0.2) is 24.1 Å². The van der Waals surface area contributed by atoms with Crippen LogP contribution in [0.15, 0.2) is 224 Å². The smallest absolute Gasteiger partial charge is 0.160 e. The summed E-state index contributed by atoms with van der Waals surface area (Å²) in [5, 5.41) is 10.2. The molecule has 0 aliphatic carbocycles. The Morgan fingerprint density at radius 3 is 1.47 bits per heavy atom. The van der Waals surface area contributed by atoms with Crippen LogP contribution >= 0.6 is 0 Å². The number of aromatic nitrogens is 5. The summed E-state index contributed by atoms with van der Waals surface area (Å²) < 4.78 is 4.48. The van der Waals surface area contributed by atoms with Crippen LogP contribution in [-0.2, 0) is 0 Å². The standard InChI is InChI=1S/C57H37N5/c1-4-16-38(17-5-1)49-37-50(39-32-34-45(35-33-39)61-51-26-14-12-24-47(51)48-25-13-15-27-52(48)61)59-57(58-49)43-30-28-40(29-31-43)53-36-44-22-10-11-23-46(44)56-54(41-18-6-2-7-19-41)55(60-62(53)56)42-20-8-3-9-21-42/h1-37H. The maximum Gasteiger partial charge on any atom is 0.160 e. The van der Waals surface area contributed by atoms with Gasteiger partial charge in [-0.15, -0.1) is 0 Å². The molecule has 0 bridgehead atoms. The van der Waals surface area contributed by atoms with E-state index in [0.29, 0.717) is 5.82 Å². The third kappa shape index (κ3) is 5.98. The average molecular weight is 792 g/mol. The van der Waals surface area contributed by atoms with Gasteiger partial charge < -0.3 is 4.57 Å². The molecule has 0 amide bonds. The quantitative estimate of drug-likeness (QED) is 0.162. The molecule has 62 heavy (non-hydrogen) atoms. The van der Waals surface area contributed by atoms with E-state index in [1.54, 1.807) is 0 Å². The van der Waals surface area contributed by atoms with Crippen molar-refractivity contribution in [1.82, 2.24) is 24.1 Å². The summed E-state index contributed by atoms with van der Waals surface area (Å²) in [5.74, 6) is 0.667. The molecule has 4 aromatic heterocycles. The van der Waals surface area contributed by atoms with Gasteiger partial charge >= 0.3 is 0 Å². The van der Waals surface area contributed by atoms with Gasteiger partial charge in [0.25, 0.3) is 0 Å². The number of fused-ring (bicyclic) bond motifs is 6. The molecule has 12 aromatic rings. The number of benzene rings is 8. The third-order valence-electron chi connectivity index (χ3n) is 12.0. The number of para-hydroxylation sites is 2. The first-order valence-electron chi connectivity index (χ1n) is 20.9. The Bertz CT molecular complexity index is 3540. The molecule has 0 fully saturated rings. The summed E-state index contributed by atoms with van der Waals surface area (Å²) in [5.41, 5.74) is 15.6. The van der Waals surface area contributed by atoms with Gasteiger partial charge in [0, 0.05) is 55.2 Å². The van der Waals surface area contributed by atoms with E-state index in [-0.39, 0.29) is 0 Å². The SMILES string of the molecule is c1ccc(-c2cc(-c3ccc(-n4c5ccccc5c5ccccc54)cc3)nc(-c3ccc(-c4cc5ccccc5c5c(-c6ccccc6)c(-c6ccccc6)nn45)cc3)n2)cc1. The van der Waals surface area contributed by atoms with Crippen molar-refractivity contribution in [3.63, 3.8) is 0 Å². The van der Waals surface area contributed by atoms with Gasteiger partial charge in [-0.05, 0) is 47.3 Å². The average Bonchev–Trinajstić information content (AvgIpc) is 3.92. The van der Waals surface area contributed by atoms with Crippen molar-refractivity contribution >= 4 is 38.1 Å². The van der Waals surface area contributed by atoms with Crippen LogP contribution in [0.3, 0.4) is 0 Å². The van der Waals surface area contributed by atoms with E-state index < -0.39 is 0 Å². The van der Waals surface area contributed by atoms with Crippen molar-refractivity contribution in [1.29, 1.82) is 0 Å². The first-order valence-corrected chi connectivity index (χ1v) is 20.9. The summed E-state index contributed by atoms with van der Waals surface area (Å²) in [4.78, 5) is 10.4. The lowest BCUT2D eigenvalue weighted by atomic mass is 9.97. The molecule has 0 aliphatic rings. The Balaban J connectivity index is 0.977. The van der Waals surface area contributed by atoms with E-state index in [9.17, 15) is 0 Å². The molecule has 0 aliphatic heterocycles. The molecule has 0 radical (unpaired) electrons. The van der Waals surface area contributed by atoms with Crippen molar-refractivity contribution in [2.45, 2.75) is 0 Å². The molecule has 4 heterocycles. The highest BCUT2D eigenvalue weighted by atomic mass is 15.2. The second-order valence-electron chi connectivity index (χ2n) is 15.7. The Hall–Kier alpha value is -8.41. The zero-order valence-electron chi connectivity index (χ0n) is 33.6. The molecule has 5 heteroatoms. The maximum absolute atomic E-state index is 5.40. The highest BCUT2D eigenvalue weighted by molar-refractivity contribution is 6.10. The van der Waals surface area contributed by atoms with Gasteiger partial charge in [0.1, 0.15) is 5.69 Å². The largest absolute Gasteiger partial charge is 0.309 e. The number of rotatable bonds is 7. The minimum atomic E-state index is 0.667. The zero-order valence-corrected chi connectivity index (χ0v) is 33.6. The van der Waals surface area contributed by atoms with Crippen LogP contribution in [0.2, 0.25) is 0 Å². The number of pyridine rings is 1. The normalized spacial score (nSPS) is 11.5.